The standard InChI is InChI=1S/C6H10O.C5H10O3/c7-6-4-2-1-3-5-6;1-3-8-5(6)4-7-2/h1-5H2;3-4H2,1-2H3. The molecule has 0 radical (unpaired) electrons. The average Bonchev–Trinajstić information content (AvgIpc) is 2.20. The van der Waals surface area contributed by atoms with Crippen LogP contribution in [0.2, 0.25) is 0 Å². The van der Waals surface area contributed by atoms with Crippen molar-refractivity contribution in [3.05, 3.63) is 0 Å². The van der Waals surface area contributed by atoms with Gasteiger partial charge in [0.15, 0.2) is 0 Å². The maximum atomic E-state index is 10.5. The molecule has 1 rings (SSSR count). The van der Waals surface area contributed by atoms with E-state index >= 15 is 0 Å². The molecule has 1 aliphatic carbocycles. The second-order valence-electron chi connectivity index (χ2n) is 3.34. The molecule has 0 heterocycles. The van der Waals surface area contributed by atoms with E-state index in [4.69, 9.17) is 0 Å². The molecular formula is C11H20O4. The summed E-state index contributed by atoms with van der Waals surface area (Å²) in [6.45, 7) is 2.23. The van der Waals surface area contributed by atoms with Crippen molar-refractivity contribution in [1.29, 1.82) is 0 Å². The predicted octanol–water partition coefficient (Wildman–Crippen LogP) is 1.72. The molecule has 0 atom stereocenters. The number of carbonyl (C=O) groups is 2. The van der Waals surface area contributed by atoms with Crippen LogP contribution in [0.15, 0.2) is 0 Å². The smallest absolute Gasteiger partial charge is 0.332 e. The van der Waals surface area contributed by atoms with Gasteiger partial charge in [0, 0.05) is 20.0 Å². The molecule has 0 aromatic rings. The Balaban J connectivity index is 0.000000262. The topological polar surface area (TPSA) is 52.6 Å². The molecule has 0 N–H and O–H groups in total. The Kier molecular flexibility index (Phi) is 9.07. The number of carbonyl (C=O) groups excluding carboxylic acids is 2. The highest BCUT2D eigenvalue weighted by Gasteiger charge is 2.05. The predicted molar refractivity (Wildman–Crippen MR) is 56.6 cm³/mol. The van der Waals surface area contributed by atoms with Crippen molar-refractivity contribution < 1.29 is 19.1 Å². The Morgan fingerprint density at radius 2 is 1.87 bits per heavy atom. The molecule has 88 valence electrons. The summed E-state index contributed by atoms with van der Waals surface area (Å²) in [4.78, 5) is 20.8. The van der Waals surface area contributed by atoms with Gasteiger partial charge >= 0.3 is 5.97 Å². The minimum atomic E-state index is -0.310. The first-order valence-corrected chi connectivity index (χ1v) is 5.37. The van der Waals surface area contributed by atoms with E-state index in [1.807, 2.05) is 0 Å². The van der Waals surface area contributed by atoms with Crippen molar-refractivity contribution in [1.82, 2.24) is 0 Å². The van der Waals surface area contributed by atoms with E-state index in [0.29, 0.717) is 12.4 Å². The summed E-state index contributed by atoms with van der Waals surface area (Å²) in [6.07, 6.45) is 5.24. The van der Waals surface area contributed by atoms with Gasteiger partial charge in [0.05, 0.1) is 6.61 Å². The zero-order valence-corrected chi connectivity index (χ0v) is 9.58. The SMILES string of the molecule is CCOC(=O)COC.O=C1CCCCC1. The first-order valence-electron chi connectivity index (χ1n) is 5.37. The van der Waals surface area contributed by atoms with E-state index in [1.165, 1.54) is 13.5 Å². The maximum Gasteiger partial charge on any atom is 0.332 e. The second-order valence-corrected chi connectivity index (χ2v) is 3.34. The lowest BCUT2D eigenvalue weighted by Gasteiger charge is -2.05. The van der Waals surface area contributed by atoms with E-state index < -0.39 is 0 Å². The zero-order valence-electron chi connectivity index (χ0n) is 9.58. The van der Waals surface area contributed by atoms with Crippen LogP contribution < -0.4 is 0 Å². The van der Waals surface area contributed by atoms with E-state index in [-0.39, 0.29) is 12.6 Å². The number of hydrogen-bond donors (Lipinski definition) is 0. The molecule has 15 heavy (non-hydrogen) atoms. The van der Waals surface area contributed by atoms with E-state index in [2.05, 4.69) is 9.47 Å². The van der Waals surface area contributed by atoms with Crippen LogP contribution in [0.3, 0.4) is 0 Å². The van der Waals surface area contributed by atoms with Crippen molar-refractivity contribution in [3.8, 4) is 0 Å². The largest absolute Gasteiger partial charge is 0.464 e. The van der Waals surface area contributed by atoms with Gasteiger partial charge < -0.3 is 9.47 Å². The lowest BCUT2D eigenvalue weighted by molar-refractivity contribution is -0.147. The molecule has 1 fully saturated rings. The number of rotatable bonds is 3. The van der Waals surface area contributed by atoms with Gasteiger partial charge in [-0.15, -0.1) is 0 Å². The van der Waals surface area contributed by atoms with E-state index in [0.717, 1.165) is 25.7 Å². The molecular weight excluding hydrogens is 196 g/mol. The maximum absolute atomic E-state index is 10.5. The number of hydrogen-bond acceptors (Lipinski definition) is 4. The van der Waals surface area contributed by atoms with Crippen molar-refractivity contribution in [2.75, 3.05) is 20.3 Å². The highest BCUT2D eigenvalue weighted by molar-refractivity contribution is 5.78. The molecule has 0 saturated heterocycles. The van der Waals surface area contributed by atoms with Gasteiger partial charge in [-0.2, -0.15) is 0 Å². The molecule has 0 unspecified atom stereocenters. The Morgan fingerprint density at radius 3 is 2.20 bits per heavy atom. The van der Waals surface area contributed by atoms with Crippen LogP contribution in [0.1, 0.15) is 39.0 Å². The highest BCUT2D eigenvalue weighted by atomic mass is 16.6. The van der Waals surface area contributed by atoms with Gasteiger partial charge in [0.1, 0.15) is 12.4 Å². The minimum Gasteiger partial charge on any atom is -0.464 e. The molecule has 0 amide bonds. The second kappa shape index (κ2) is 9.65. The minimum absolute atomic E-state index is 0.0494. The number of ketones is 1. The number of esters is 1. The molecule has 0 aliphatic heterocycles. The molecule has 1 saturated carbocycles. The van der Waals surface area contributed by atoms with Crippen molar-refractivity contribution in [3.63, 3.8) is 0 Å². The van der Waals surface area contributed by atoms with Gasteiger partial charge in [-0.3, -0.25) is 4.79 Å². The number of Topliss-reactive ketones (excluding diaryl/α,β-unsaturated/α-hetero) is 1. The fraction of sp³-hybridized carbons (Fsp3) is 0.818. The quantitative estimate of drug-likeness (QED) is 0.674. The van der Waals surface area contributed by atoms with Crippen LogP contribution in [0.5, 0.6) is 0 Å². The fourth-order valence-electron chi connectivity index (χ4n) is 1.27. The molecule has 0 aromatic carbocycles. The Morgan fingerprint density at radius 1 is 1.27 bits per heavy atom. The molecule has 1 aliphatic rings. The summed E-state index contributed by atoms with van der Waals surface area (Å²) < 4.78 is 9.00. The number of ether oxygens (including phenoxy) is 2. The van der Waals surface area contributed by atoms with Crippen LogP contribution in [0.4, 0.5) is 0 Å². The first kappa shape index (κ1) is 14.1. The molecule has 4 heteroatoms. The Bertz CT molecular complexity index is 173. The van der Waals surface area contributed by atoms with E-state index in [9.17, 15) is 9.59 Å². The van der Waals surface area contributed by atoms with Crippen LogP contribution in [0.25, 0.3) is 0 Å². The molecule has 0 spiro atoms. The van der Waals surface area contributed by atoms with Crippen molar-refractivity contribution in [2.24, 2.45) is 0 Å². The van der Waals surface area contributed by atoms with Gasteiger partial charge in [0.25, 0.3) is 0 Å². The highest BCUT2D eigenvalue weighted by Crippen LogP contribution is 2.12. The third kappa shape index (κ3) is 9.41. The zero-order chi connectivity index (χ0) is 11.5. The molecule has 4 nitrogen and oxygen atoms in total. The summed E-state index contributed by atoms with van der Waals surface area (Å²) in [5, 5.41) is 0. The van der Waals surface area contributed by atoms with Gasteiger partial charge in [-0.05, 0) is 19.8 Å². The summed E-state index contributed by atoms with van der Waals surface area (Å²) in [7, 11) is 1.46. The third-order valence-corrected chi connectivity index (χ3v) is 1.98. The Hall–Kier alpha value is -0.900. The molecule has 0 aromatic heterocycles. The van der Waals surface area contributed by atoms with Gasteiger partial charge in [0.2, 0.25) is 0 Å². The average molecular weight is 216 g/mol. The van der Waals surface area contributed by atoms with Crippen LogP contribution >= 0.6 is 0 Å². The summed E-state index contributed by atoms with van der Waals surface area (Å²) in [6, 6.07) is 0. The van der Waals surface area contributed by atoms with Gasteiger partial charge in [-0.1, -0.05) is 6.42 Å². The van der Waals surface area contributed by atoms with Crippen LogP contribution in [-0.4, -0.2) is 32.1 Å². The van der Waals surface area contributed by atoms with Crippen molar-refractivity contribution in [2.45, 2.75) is 39.0 Å². The molecule has 0 bridgehead atoms. The first-order chi connectivity index (χ1) is 7.20. The summed E-state index contributed by atoms with van der Waals surface area (Å²) in [5.41, 5.74) is 0. The monoisotopic (exact) mass is 216 g/mol. The third-order valence-electron chi connectivity index (χ3n) is 1.98. The lowest BCUT2D eigenvalue weighted by Crippen LogP contribution is -2.10. The van der Waals surface area contributed by atoms with Crippen LogP contribution in [-0.2, 0) is 19.1 Å². The fourth-order valence-corrected chi connectivity index (χ4v) is 1.27. The Labute approximate surface area is 90.9 Å². The normalized spacial score (nSPS) is 15.2. The summed E-state index contributed by atoms with van der Waals surface area (Å²) in [5.74, 6) is 0.154. The lowest BCUT2D eigenvalue weighted by atomic mass is 10.00. The summed E-state index contributed by atoms with van der Waals surface area (Å²) >= 11 is 0. The number of methoxy groups -OCH3 is 1. The van der Waals surface area contributed by atoms with Gasteiger partial charge in [-0.25, -0.2) is 4.79 Å². The van der Waals surface area contributed by atoms with Crippen molar-refractivity contribution >= 4 is 11.8 Å². The van der Waals surface area contributed by atoms with E-state index in [1.54, 1.807) is 6.92 Å². The van der Waals surface area contributed by atoms with Crippen LogP contribution in [0, 0.1) is 0 Å².